The fraction of sp³-hybridized carbons (Fsp3) is 0.533. The molecule has 0 aromatic heterocycles. The molecule has 3 heteroatoms. The number of benzene rings is 1. The largest absolute Gasteiger partial charge is 0.464 e. The minimum absolute atomic E-state index is 0.111. The molecule has 1 aliphatic rings. The number of hydrogen-bond acceptors (Lipinski definition) is 3. The molecule has 1 saturated heterocycles. The second kappa shape index (κ2) is 4.39. The number of epoxide rings is 1. The predicted molar refractivity (Wildman–Crippen MR) is 69.4 cm³/mol. The predicted octanol–water partition coefficient (Wildman–Crippen LogP) is 2.77. The first kappa shape index (κ1) is 13.1. The highest BCUT2D eigenvalue weighted by molar-refractivity contribution is 5.84. The third-order valence-corrected chi connectivity index (χ3v) is 3.26. The third-order valence-electron chi connectivity index (χ3n) is 3.26. The Balaban J connectivity index is 2.23. The summed E-state index contributed by atoms with van der Waals surface area (Å²) in [7, 11) is 0. The van der Waals surface area contributed by atoms with Crippen LogP contribution in [0, 0.1) is 0 Å². The van der Waals surface area contributed by atoms with E-state index in [4.69, 9.17) is 9.47 Å². The minimum atomic E-state index is -0.841. The molecule has 3 nitrogen and oxygen atoms in total. The van der Waals surface area contributed by atoms with Crippen molar-refractivity contribution >= 4 is 5.97 Å². The van der Waals surface area contributed by atoms with Gasteiger partial charge in [0, 0.05) is 0 Å². The van der Waals surface area contributed by atoms with Gasteiger partial charge in [-0.05, 0) is 23.5 Å². The van der Waals surface area contributed by atoms with E-state index in [1.807, 2.05) is 12.1 Å². The minimum Gasteiger partial charge on any atom is -0.464 e. The van der Waals surface area contributed by atoms with E-state index in [2.05, 4.69) is 32.9 Å². The number of carbonyl (C=O) groups excluding carboxylic acids is 1. The molecule has 0 aliphatic carbocycles. The van der Waals surface area contributed by atoms with Gasteiger partial charge < -0.3 is 9.47 Å². The zero-order chi connectivity index (χ0) is 13.4. The summed E-state index contributed by atoms with van der Waals surface area (Å²) in [5.41, 5.74) is 1.40. The molecule has 1 aromatic carbocycles. The van der Waals surface area contributed by atoms with Gasteiger partial charge in [0.05, 0.1) is 13.2 Å². The van der Waals surface area contributed by atoms with Gasteiger partial charge in [0.1, 0.15) is 0 Å². The Morgan fingerprint density at radius 1 is 1.33 bits per heavy atom. The van der Waals surface area contributed by atoms with Gasteiger partial charge >= 0.3 is 5.97 Å². The molecule has 98 valence electrons. The molecule has 1 aromatic rings. The molecule has 0 saturated carbocycles. The number of ether oxygens (including phenoxy) is 2. The summed E-state index contributed by atoms with van der Waals surface area (Å²) in [5, 5.41) is 0. The first-order valence-electron chi connectivity index (χ1n) is 6.32. The summed E-state index contributed by atoms with van der Waals surface area (Å²) < 4.78 is 10.4. The van der Waals surface area contributed by atoms with Crippen molar-refractivity contribution in [1.29, 1.82) is 0 Å². The van der Waals surface area contributed by atoms with Gasteiger partial charge in [0.15, 0.2) is 0 Å². The summed E-state index contributed by atoms with van der Waals surface area (Å²) in [4.78, 5) is 11.9. The fourth-order valence-electron chi connectivity index (χ4n) is 1.96. The van der Waals surface area contributed by atoms with Crippen molar-refractivity contribution in [1.82, 2.24) is 0 Å². The standard InChI is InChI=1S/C15H20O3/c1-5-17-13(16)15(10-18-15)12-8-6-11(7-9-12)14(2,3)4/h6-9H,5,10H2,1-4H3. The molecule has 1 heterocycles. The monoisotopic (exact) mass is 248 g/mol. The lowest BCUT2D eigenvalue weighted by atomic mass is 9.85. The maximum atomic E-state index is 11.9. The van der Waals surface area contributed by atoms with Crippen LogP contribution in [-0.2, 0) is 25.3 Å². The molecule has 0 bridgehead atoms. The van der Waals surface area contributed by atoms with E-state index in [0.717, 1.165) is 5.56 Å². The highest BCUT2D eigenvalue weighted by Gasteiger charge is 2.55. The zero-order valence-electron chi connectivity index (χ0n) is 11.4. The molecule has 1 fully saturated rings. The molecule has 0 amide bonds. The topological polar surface area (TPSA) is 38.8 Å². The third kappa shape index (κ3) is 2.27. The zero-order valence-corrected chi connectivity index (χ0v) is 11.4. The fourth-order valence-corrected chi connectivity index (χ4v) is 1.96. The normalized spacial score (nSPS) is 22.7. The van der Waals surface area contributed by atoms with Gasteiger partial charge in [-0.2, -0.15) is 0 Å². The summed E-state index contributed by atoms with van der Waals surface area (Å²) >= 11 is 0. The van der Waals surface area contributed by atoms with Crippen LogP contribution in [0.4, 0.5) is 0 Å². The molecule has 1 aliphatic heterocycles. The SMILES string of the molecule is CCOC(=O)C1(c2ccc(C(C)(C)C)cc2)CO1. The smallest absolute Gasteiger partial charge is 0.345 e. The van der Waals surface area contributed by atoms with Crippen LogP contribution in [0.15, 0.2) is 24.3 Å². The molecular weight excluding hydrogens is 228 g/mol. The maximum absolute atomic E-state index is 11.9. The Morgan fingerprint density at radius 3 is 2.28 bits per heavy atom. The van der Waals surface area contributed by atoms with Crippen LogP contribution in [0.3, 0.4) is 0 Å². The molecule has 0 spiro atoms. The first-order chi connectivity index (χ1) is 8.40. The van der Waals surface area contributed by atoms with E-state index in [1.54, 1.807) is 6.92 Å². The Bertz CT molecular complexity index is 436. The molecule has 2 rings (SSSR count). The van der Waals surface area contributed by atoms with Crippen LogP contribution in [0.1, 0.15) is 38.8 Å². The summed E-state index contributed by atoms with van der Waals surface area (Å²) in [6.45, 7) is 9.09. The van der Waals surface area contributed by atoms with Crippen LogP contribution in [-0.4, -0.2) is 19.2 Å². The second-order valence-electron chi connectivity index (χ2n) is 5.66. The van der Waals surface area contributed by atoms with Gasteiger partial charge in [-0.1, -0.05) is 45.0 Å². The van der Waals surface area contributed by atoms with Gasteiger partial charge in [0.25, 0.3) is 0 Å². The van der Waals surface area contributed by atoms with E-state index >= 15 is 0 Å². The van der Waals surface area contributed by atoms with Crippen LogP contribution < -0.4 is 0 Å². The van der Waals surface area contributed by atoms with Crippen molar-refractivity contribution in [3.8, 4) is 0 Å². The van der Waals surface area contributed by atoms with Gasteiger partial charge in [-0.15, -0.1) is 0 Å². The van der Waals surface area contributed by atoms with Crippen molar-refractivity contribution in [3.63, 3.8) is 0 Å². The molecular formula is C15H20O3. The van der Waals surface area contributed by atoms with Crippen molar-refractivity contribution in [2.45, 2.75) is 38.7 Å². The maximum Gasteiger partial charge on any atom is 0.345 e. The molecule has 0 radical (unpaired) electrons. The highest BCUT2D eigenvalue weighted by atomic mass is 16.6. The van der Waals surface area contributed by atoms with Gasteiger partial charge in [0.2, 0.25) is 5.60 Å². The number of rotatable bonds is 3. The first-order valence-corrected chi connectivity index (χ1v) is 6.32. The summed E-state index contributed by atoms with van der Waals surface area (Å²) in [5.74, 6) is -0.284. The van der Waals surface area contributed by atoms with Gasteiger partial charge in [-0.25, -0.2) is 4.79 Å². The van der Waals surface area contributed by atoms with Crippen LogP contribution in [0.5, 0.6) is 0 Å². The summed E-state index contributed by atoms with van der Waals surface area (Å²) in [6.07, 6.45) is 0. The molecule has 1 atom stereocenters. The van der Waals surface area contributed by atoms with Crippen LogP contribution >= 0.6 is 0 Å². The van der Waals surface area contributed by atoms with E-state index in [-0.39, 0.29) is 11.4 Å². The van der Waals surface area contributed by atoms with Crippen molar-refractivity contribution in [3.05, 3.63) is 35.4 Å². The average molecular weight is 248 g/mol. The lowest BCUT2D eigenvalue weighted by Gasteiger charge is -2.20. The number of esters is 1. The Hall–Kier alpha value is -1.35. The summed E-state index contributed by atoms with van der Waals surface area (Å²) in [6, 6.07) is 8.03. The lowest BCUT2D eigenvalue weighted by molar-refractivity contribution is -0.149. The molecule has 0 N–H and O–H groups in total. The average Bonchev–Trinajstić information content (AvgIpc) is 3.09. The number of hydrogen-bond donors (Lipinski definition) is 0. The van der Waals surface area contributed by atoms with Crippen molar-refractivity contribution in [2.75, 3.05) is 13.2 Å². The Kier molecular flexibility index (Phi) is 3.20. The van der Waals surface area contributed by atoms with Gasteiger partial charge in [-0.3, -0.25) is 0 Å². The van der Waals surface area contributed by atoms with Crippen LogP contribution in [0.25, 0.3) is 0 Å². The highest BCUT2D eigenvalue weighted by Crippen LogP contribution is 2.40. The van der Waals surface area contributed by atoms with Crippen LogP contribution in [0.2, 0.25) is 0 Å². The number of carbonyl (C=O) groups is 1. The Labute approximate surface area is 108 Å². The molecule has 18 heavy (non-hydrogen) atoms. The molecule has 1 unspecified atom stereocenters. The Morgan fingerprint density at radius 2 is 1.89 bits per heavy atom. The second-order valence-corrected chi connectivity index (χ2v) is 5.66. The van der Waals surface area contributed by atoms with E-state index < -0.39 is 5.60 Å². The quantitative estimate of drug-likeness (QED) is 0.610. The van der Waals surface area contributed by atoms with E-state index in [0.29, 0.717) is 13.2 Å². The van der Waals surface area contributed by atoms with E-state index in [9.17, 15) is 4.79 Å². The van der Waals surface area contributed by atoms with Crippen molar-refractivity contribution < 1.29 is 14.3 Å². The lowest BCUT2D eigenvalue weighted by Crippen LogP contribution is -2.25. The van der Waals surface area contributed by atoms with E-state index in [1.165, 1.54) is 5.56 Å². The van der Waals surface area contributed by atoms with Crippen molar-refractivity contribution in [2.24, 2.45) is 0 Å².